The van der Waals surface area contributed by atoms with Gasteiger partial charge in [-0.2, -0.15) is 0 Å². The molecule has 4 heteroatoms. The lowest BCUT2D eigenvalue weighted by Crippen LogP contribution is -2.38. The molecule has 1 unspecified atom stereocenters. The van der Waals surface area contributed by atoms with Crippen LogP contribution in [-0.4, -0.2) is 32.9 Å². The van der Waals surface area contributed by atoms with Crippen LogP contribution in [0.1, 0.15) is 11.7 Å². The Bertz CT molecular complexity index is 342. The van der Waals surface area contributed by atoms with Crippen molar-refractivity contribution in [2.45, 2.75) is 12.2 Å². The van der Waals surface area contributed by atoms with Crippen molar-refractivity contribution in [2.24, 2.45) is 0 Å². The average molecular weight is 286 g/mol. The Kier molecular flexibility index (Phi) is 4.35. The molecule has 1 heterocycles. The van der Waals surface area contributed by atoms with Gasteiger partial charge in [0.25, 0.3) is 0 Å². The molecule has 1 N–H and O–H groups in total. The molecule has 1 fully saturated rings. The molecule has 1 aromatic carbocycles. The molecule has 1 aliphatic rings. The highest BCUT2D eigenvalue weighted by Crippen LogP contribution is 2.27. The highest BCUT2D eigenvalue weighted by molar-refractivity contribution is 9.10. The summed E-state index contributed by atoms with van der Waals surface area (Å²) in [7, 11) is 1.93. The van der Waals surface area contributed by atoms with Crippen LogP contribution in [0.4, 0.5) is 0 Å². The number of hydrogen-bond donors (Lipinski definition) is 1. The second kappa shape index (κ2) is 5.77. The van der Waals surface area contributed by atoms with Gasteiger partial charge in [0.05, 0.1) is 19.3 Å². The topological polar surface area (TPSA) is 30.5 Å². The third-order valence-electron chi connectivity index (χ3n) is 2.61. The van der Waals surface area contributed by atoms with E-state index in [2.05, 4.69) is 27.3 Å². The van der Waals surface area contributed by atoms with Crippen LogP contribution >= 0.6 is 15.9 Å². The lowest BCUT2D eigenvalue weighted by molar-refractivity contribution is -0.155. The molecule has 2 rings (SSSR count). The van der Waals surface area contributed by atoms with Gasteiger partial charge in [0.2, 0.25) is 0 Å². The molecule has 1 atom stereocenters. The number of halogens is 1. The number of hydrogen-bond acceptors (Lipinski definition) is 3. The summed E-state index contributed by atoms with van der Waals surface area (Å²) in [5.74, 6) is 0. The van der Waals surface area contributed by atoms with Crippen molar-refractivity contribution in [2.75, 3.05) is 26.8 Å². The fraction of sp³-hybridized carbons (Fsp3) is 0.500. The average Bonchev–Trinajstić information content (AvgIpc) is 2.23. The Morgan fingerprint density at radius 1 is 1.50 bits per heavy atom. The first-order chi connectivity index (χ1) is 7.81. The lowest BCUT2D eigenvalue weighted by atomic mass is 10.1. The highest BCUT2D eigenvalue weighted by atomic mass is 79.9. The summed E-state index contributed by atoms with van der Waals surface area (Å²) < 4.78 is 12.2. The van der Waals surface area contributed by atoms with Gasteiger partial charge in [0.15, 0.2) is 0 Å². The first-order valence-corrected chi connectivity index (χ1v) is 6.23. The normalized spacial score (nSPS) is 18.1. The fourth-order valence-corrected chi connectivity index (χ4v) is 2.22. The first kappa shape index (κ1) is 12.0. The minimum Gasteiger partial charge on any atom is -0.376 e. The van der Waals surface area contributed by atoms with E-state index in [0.717, 1.165) is 11.0 Å². The maximum absolute atomic E-state index is 5.98. The summed E-state index contributed by atoms with van der Waals surface area (Å²) in [6.07, 6.45) is 0.319. The maximum Gasteiger partial charge on any atom is 0.105 e. The molecule has 0 aromatic heterocycles. The minimum absolute atomic E-state index is 0.0782. The predicted molar refractivity (Wildman–Crippen MR) is 66.5 cm³/mol. The van der Waals surface area contributed by atoms with Crippen molar-refractivity contribution in [3.63, 3.8) is 0 Å². The summed E-state index contributed by atoms with van der Waals surface area (Å²) >= 11 is 3.56. The summed E-state index contributed by atoms with van der Waals surface area (Å²) in [4.78, 5) is 0. The van der Waals surface area contributed by atoms with Gasteiger partial charge in [-0.15, -0.1) is 0 Å². The Labute approximate surface area is 104 Å². The molecule has 16 heavy (non-hydrogen) atoms. The molecule has 1 aromatic rings. The fourth-order valence-electron chi connectivity index (χ4n) is 1.68. The molecule has 1 saturated heterocycles. The van der Waals surface area contributed by atoms with E-state index in [1.165, 1.54) is 5.56 Å². The molecular weight excluding hydrogens is 270 g/mol. The van der Waals surface area contributed by atoms with Crippen molar-refractivity contribution in [1.29, 1.82) is 0 Å². The number of ether oxygens (including phenoxy) is 2. The van der Waals surface area contributed by atoms with Gasteiger partial charge < -0.3 is 14.8 Å². The van der Waals surface area contributed by atoms with E-state index in [9.17, 15) is 0 Å². The van der Waals surface area contributed by atoms with Crippen LogP contribution < -0.4 is 5.32 Å². The second-order valence-corrected chi connectivity index (χ2v) is 4.72. The van der Waals surface area contributed by atoms with Crippen molar-refractivity contribution < 1.29 is 9.47 Å². The van der Waals surface area contributed by atoms with Crippen LogP contribution in [0.2, 0.25) is 0 Å². The van der Waals surface area contributed by atoms with Crippen LogP contribution in [0.25, 0.3) is 0 Å². The highest BCUT2D eigenvalue weighted by Gasteiger charge is 2.24. The molecule has 0 radical (unpaired) electrons. The van der Waals surface area contributed by atoms with Crippen molar-refractivity contribution in [3.05, 3.63) is 34.3 Å². The lowest BCUT2D eigenvalue weighted by Gasteiger charge is -2.31. The molecular formula is C12H16BrNO2. The van der Waals surface area contributed by atoms with Crippen molar-refractivity contribution >= 4 is 15.9 Å². The van der Waals surface area contributed by atoms with Crippen molar-refractivity contribution in [3.8, 4) is 0 Å². The van der Waals surface area contributed by atoms with Crippen LogP contribution in [0, 0.1) is 0 Å². The standard InChI is InChI=1S/C12H16BrNO2/c1-14-6-12(16-9-7-15-8-9)10-4-2-3-5-11(10)13/h2-5,9,12,14H,6-8H2,1H3. The van der Waals surface area contributed by atoms with Crippen LogP contribution in [-0.2, 0) is 9.47 Å². The van der Waals surface area contributed by atoms with E-state index in [1.54, 1.807) is 0 Å². The first-order valence-electron chi connectivity index (χ1n) is 5.43. The Morgan fingerprint density at radius 3 is 2.81 bits per heavy atom. The molecule has 1 aliphatic heterocycles. The zero-order valence-corrected chi connectivity index (χ0v) is 10.9. The predicted octanol–water partition coefficient (Wildman–Crippen LogP) is 2.12. The molecule has 3 nitrogen and oxygen atoms in total. The van der Waals surface area contributed by atoms with E-state index in [-0.39, 0.29) is 12.2 Å². The quantitative estimate of drug-likeness (QED) is 0.899. The van der Waals surface area contributed by atoms with Gasteiger partial charge in [-0.1, -0.05) is 34.1 Å². The SMILES string of the molecule is CNCC(OC1COC1)c1ccccc1Br. The van der Waals surface area contributed by atoms with Crippen LogP contribution in [0.3, 0.4) is 0 Å². The third-order valence-corrected chi connectivity index (χ3v) is 3.33. The van der Waals surface area contributed by atoms with Crippen molar-refractivity contribution in [1.82, 2.24) is 5.32 Å². The summed E-state index contributed by atoms with van der Waals surface area (Å²) in [6.45, 7) is 2.23. The smallest absolute Gasteiger partial charge is 0.105 e. The van der Waals surface area contributed by atoms with Gasteiger partial charge in [0.1, 0.15) is 6.10 Å². The number of likely N-dealkylation sites (N-methyl/N-ethyl adjacent to an activating group) is 1. The third kappa shape index (κ3) is 2.83. The Morgan fingerprint density at radius 2 is 2.25 bits per heavy atom. The Hall–Kier alpha value is -0.420. The summed E-state index contributed by atoms with van der Waals surface area (Å²) in [5.41, 5.74) is 1.18. The molecule has 0 bridgehead atoms. The second-order valence-electron chi connectivity index (χ2n) is 3.86. The van der Waals surface area contributed by atoms with Gasteiger partial charge >= 0.3 is 0 Å². The largest absolute Gasteiger partial charge is 0.376 e. The zero-order valence-electron chi connectivity index (χ0n) is 9.28. The molecule has 0 spiro atoms. The van der Waals surface area contributed by atoms with Gasteiger partial charge in [-0.05, 0) is 18.7 Å². The molecule has 0 aliphatic carbocycles. The molecule has 0 amide bonds. The van der Waals surface area contributed by atoms with E-state index < -0.39 is 0 Å². The zero-order chi connectivity index (χ0) is 11.4. The van der Waals surface area contributed by atoms with Gasteiger partial charge in [-0.25, -0.2) is 0 Å². The van der Waals surface area contributed by atoms with E-state index >= 15 is 0 Å². The maximum atomic E-state index is 5.98. The van der Waals surface area contributed by atoms with Gasteiger partial charge in [-0.3, -0.25) is 0 Å². The van der Waals surface area contributed by atoms with Gasteiger partial charge in [0, 0.05) is 11.0 Å². The monoisotopic (exact) mass is 285 g/mol. The number of rotatable bonds is 5. The molecule has 88 valence electrons. The summed E-state index contributed by atoms with van der Waals surface area (Å²) in [5, 5.41) is 3.16. The van der Waals surface area contributed by atoms with E-state index in [1.807, 2.05) is 25.2 Å². The number of benzene rings is 1. The van der Waals surface area contributed by atoms with E-state index in [4.69, 9.17) is 9.47 Å². The number of nitrogens with one attached hydrogen (secondary N) is 1. The van der Waals surface area contributed by atoms with E-state index in [0.29, 0.717) is 13.2 Å². The molecule has 0 saturated carbocycles. The van der Waals surface area contributed by atoms with Crippen LogP contribution in [0.15, 0.2) is 28.7 Å². The minimum atomic E-state index is 0.0782. The summed E-state index contributed by atoms with van der Waals surface area (Å²) in [6, 6.07) is 8.17. The Balaban J connectivity index is 2.08. The van der Waals surface area contributed by atoms with Crippen LogP contribution in [0.5, 0.6) is 0 Å².